The fraction of sp³-hybridized carbons (Fsp3) is 0. The maximum absolute atomic E-state index is 12.2. The molecule has 0 aliphatic rings. The van der Waals surface area contributed by atoms with E-state index in [1.807, 2.05) is 0 Å². The zero-order valence-electron chi connectivity index (χ0n) is 4.87. The number of halogens is 1. The molecule has 1 rings (SSSR count). The van der Waals surface area contributed by atoms with E-state index < -0.39 is 16.5 Å². The molecule has 0 aliphatic heterocycles. The Balaban J connectivity index is 3.19. The molecule has 0 saturated heterocycles. The zero-order valence-corrected chi connectivity index (χ0v) is 5.77. The largest absolute Gasteiger partial charge is 0.227 e. The van der Waals surface area contributed by atoms with Crippen molar-refractivity contribution >= 4 is 10.7 Å². The fourth-order valence-electron chi connectivity index (χ4n) is 0.540. The molecule has 0 aliphatic carbocycles. The van der Waals surface area contributed by atoms with Crippen LogP contribution < -0.4 is 0 Å². The Morgan fingerprint density at radius 1 is 1.50 bits per heavy atom. The predicted octanol–water partition coefficient (Wildman–Crippen LogP) is 0.596. The van der Waals surface area contributed by atoms with E-state index in [-0.39, 0.29) is 4.90 Å². The van der Waals surface area contributed by atoms with E-state index in [0.717, 1.165) is 6.07 Å². The molecule has 0 saturated carbocycles. The molecular formula is C6H4FO2S. The third-order valence-corrected chi connectivity index (χ3v) is 1.66. The van der Waals surface area contributed by atoms with E-state index in [4.69, 9.17) is 0 Å². The van der Waals surface area contributed by atoms with Crippen molar-refractivity contribution in [2.75, 3.05) is 0 Å². The molecule has 2 nitrogen and oxygen atoms in total. The fourth-order valence-corrected chi connectivity index (χ4v) is 0.955. The van der Waals surface area contributed by atoms with Crippen molar-refractivity contribution in [2.45, 2.75) is 4.90 Å². The highest BCUT2D eigenvalue weighted by atomic mass is 32.2. The van der Waals surface area contributed by atoms with Gasteiger partial charge in [0.1, 0.15) is 5.82 Å². The maximum Gasteiger partial charge on any atom is 0.168 e. The van der Waals surface area contributed by atoms with Crippen LogP contribution in [0.4, 0.5) is 4.39 Å². The van der Waals surface area contributed by atoms with Crippen molar-refractivity contribution in [3.63, 3.8) is 0 Å². The summed E-state index contributed by atoms with van der Waals surface area (Å²) in [5.41, 5.74) is 0. The molecular weight excluding hydrogens is 155 g/mol. The van der Waals surface area contributed by atoms with Gasteiger partial charge in [-0.15, -0.1) is 0 Å². The highest BCUT2D eigenvalue weighted by molar-refractivity contribution is 7.72. The van der Waals surface area contributed by atoms with E-state index in [0.29, 0.717) is 0 Å². The molecule has 0 aromatic heterocycles. The second-order valence-electron chi connectivity index (χ2n) is 1.65. The summed E-state index contributed by atoms with van der Waals surface area (Å²) in [4.78, 5) is -0.0220. The minimum atomic E-state index is -2.67. The minimum Gasteiger partial charge on any atom is -0.227 e. The van der Waals surface area contributed by atoms with Gasteiger partial charge in [0.25, 0.3) is 0 Å². The minimum absolute atomic E-state index is 0.0220. The van der Waals surface area contributed by atoms with Gasteiger partial charge < -0.3 is 0 Å². The van der Waals surface area contributed by atoms with Gasteiger partial charge in [0.05, 0.1) is 4.90 Å². The molecule has 1 aromatic carbocycles. The summed E-state index contributed by atoms with van der Waals surface area (Å²) < 4.78 is 32.6. The Bertz CT molecular complexity index is 298. The van der Waals surface area contributed by atoms with E-state index in [9.17, 15) is 12.8 Å². The summed E-state index contributed by atoms with van der Waals surface area (Å²) in [6, 6.07) is 5.63. The Labute approximate surface area is 59.3 Å². The van der Waals surface area contributed by atoms with E-state index in [2.05, 4.69) is 6.07 Å². The molecule has 0 bridgehead atoms. The van der Waals surface area contributed by atoms with Crippen LogP contribution in [0, 0.1) is 11.9 Å². The summed E-state index contributed by atoms with van der Waals surface area (Å²) >= 11 is 0. The molecule has 10 heavy (non-hydrogen) atoms. The lowest BCUT2D eigenvalue weighted by molar-refractivity contribution is 0.605. The highest BCUT2D eigenvalue weighted by Crippen LogP contribution is 2.02. The van der Waals surface area contributed by atoms with Crippen LogP contribution in [0.3, 0.4) is 0 Å². The normalized spacial score (nSPS) is 10.2. The smallest absolute Gasteiger partial charge is 0.168 e. The van der Waals surface area contributed by atoms with E-state index in [1.54, 1.807) is 0 Å². The quantitative estimate of drug-likeness (QED) is 0.609. The molecule has 0 amide bonds. The molecule has 0 fully saturated rings. The summed E-state index contributed by atoms with van der Waals surface area (Å²) in [5, 5.41) is 0. The average Bonchev–Trinajstić information content (AvgIpc) is 1.88. The summed E-state index contributed by atoms with van der Waals surface area (Å²) in [7, 11) is -2.67. The highest BCUT2D eigenvalue weighted by Gasteiger charge is 1.94. The first kappa shape index (κ1) is 7.21. The van der Waals surface area contributed by atoms with Gasteiger partial charge in [-0.05, 0) is 12.1 Å². The Hall–Kier alpha value is -0.900. The number of benzene rings is 1. The third-order valence-electron chi connectivity index (χ3n) is 0.961. The van der Waals surface area contributed by atoms with Crippen LogP contribution in [-0.2, 0) is 10.7 Å². The number of thiol groups is 1. The molecule has 0 unspecified atom stereocenters. The monoisotopic (exact) mass is 159 g/mol. The number of hydrogen-bond donors (Lipinski definition) is 1. The molecule has 0 heterocycles. The topological polar surface area (TPSA) is 34.1 Å². The molecule has 0 atom stereocenters. The molecule has 4 heteroatoms. The van der Waals surface area contributed by atoms with Crippen LogP contribution in [-0.4, -0.2) is 8.42 Å². The molecule has 53 valence electrons. The molecule has 1 radical (unpaired) electrons. The van der Waals surface area contributed by atoms with Crippen LogP contribution in [0.25, 0.3) is 0 Å². The van der Waals surface area contributed by atoms with Gasteiger partial charge >= 0.3 is 0 Å². The third kappa shape index (κ3) is 1.54. The second-order valence-corrected chi connectivity index (χ2v) is 2.68. The van der Waals surface area contributed by atoms with E-state index >= 15 is 0 Å². The zero-order chi connectivity index (χ0) is 7.56. The second kappa shape index (κ2) is 2.79. The van der Waals surface area contributed by atoms with Crippen LogP contribution in [0.5, 0.6) is 0 Å². The molecule has 0 spiro atoms. The first-order chi connectivity index (χ1) is 4.70. The van der Waals surface area contributed by atoms with E-state index in [1.165, 1.54) is 12.1 Å². The average molecular weight is 159 g/mol. The van der Waals surface area contributed by atoms with Crippen molar-refractivity contribution in [1.82, 2.24) is 0 Å². The van der Waals surface area contributed by atoms with Crippen LogP contribution in [0.15, 0.2) is 23.1 Å². The number of hydrogen-bond acceptors (Lipinski definition) is 2. The lowest BCUT2D eigenvalue weighted by Crippen LogP contribution is -1.80. The first-order valence-electron chi connectivity index (χ1n) is 2.52. The Morgan fingerprint density at radius 3 is 2.60 bits per heavy atom. The maximum atomic E-state index is 12.2. The van der Waals surface area contributed by atoms with Gasteiger partial charge in [0, 0.05) is 6.07 Å². The van der Waals surface area contributed by atoms with Crippen molar-refractivity contribution in [3.8, 4) is 0 Å². The lowest BCUT2D eigenvalue weighted by Gasteiger charge is -1.87. The van der Waals surface area contributed by atoms with Crippen LogP contribution in [0.1, 0.15) is 0 Å². The van der Waals surface area contributed by atoms with Crippen molar-refractivity contribution in [2.24, 2.45) is 0 Å². The van der Waals surface area contributed by atoms with Gasteiger partial charge in [0.15, 0.2) is 10.7 Å². The lowest BCUT2D eigenvalue weighted by atomic mass is 10.4. The van der Waals surface area contributed by atoms with Crippen LogP contribution >= 0.6 is 0 Å². The number of rotatable bonds is 1. The SMILES string of the molecule is O=[SH](=O)c1cc[c]c(F)c1. The van der Waals surface area contributed by atoms with Gasteiger partial charge in [-0.25, -0.2) is 12.8 Å². The Kier molecular flexibility index (Phi) is 2.01. The summed E-state index contributed by atoms with van der Waals surface area (Å²) in [6.07, 6.45) is 0. The van der Waals surface area contributed by atoms with Gasteiger partial charge in [-0.3, -0.25) is 0 Å². The van der Waals surface area contributed by atoms with Crippen LogP contribution in [0.2, 0.25) is 0 Å². The first-order valence-corrected chi connectivity index (χ1v) is 3.69. The molecule has 0 N–H and O–H groups in total. The summed E-state index contributed by atoms with van der Waals surface area (Å²) in [6.45, 7) is 0. The Morgan fingerprint density at radius 2 is 2.20 bits per heavy atom. The van der Waals surface area contributed by atoms with Crippen molar-refractivity contribution in [1.29, 1.82) is 0 Å². The predicted molar refractivity (Wildman–Crippen MR) is 33.8 cm³/mol. The summed E-state index contributed by atoms with van der Waals surface area (Å²) in [5.74, 6) is -0.656. The van der Waals surface area contributed by atoms with Crippen molar-refractivity contribution < 1.29 is 12.8 Å². The van der Waals surface area contributed by atoms with Crippen molar-refractivity contribution in [3.05, 3.63) is 30.1 Å². The van der Waals surface area contributed by atoms with Gasteiger partial charge in [-0.2, -0.15) is 0 Å². The van der Waals surface area contributed by atoms with Gasteiger partial charge in [0.2, 0.25) is 0 Å². The molecule has 1 aromatic rings. The standard InChI is InChI=1S/C6H4FO2S/c7-5-2-1-3-6(4-5)10(8)9/h1,3-4,10H. The van der Waals surface area contributed by atoms with Gasteiger partial charge in [-0.1, -0.05) is 6.07 Å².